The van der Waals surface area contributed by atoms with Gasteiger partial charge < -0.3 is 14.4 Å². The smallest absolute Gasteiger partial charge is 0.213 e. The molecule has 3 aromatic rings. The number of nitrogens with zero attached hydrogens (tertiary/aromatic N) is 2. The van der Waals surface area contributed by atoms with Crippen molar-refractivity contribution in [1.82, 2.24) is 9.97 Å². The average Bonchev–Trinajstić information content (AvgIpc) is 2.77. The number of ether oxygens (including phenoxy) is 2. The number of hydrogen-bond donors (Lipinski definition) is 1. The summed E-state index contributed by atoms with van der Waals surface area (Å²) < 4.78 is 25.9. The topological polar surface area (TPSA) is 64.5 Å². The maximum atomic E-state index is 14.7. The van der Waals surface area contributed by atoms with Crippen LogP contribution in [0.3, 0.4) is 0 Å². The van der Waals surface area contributed by atoms with E-state index < -0.39 is 8.15 Å². The maximum Gasteiger partial charge on any atom is 0.213 e. The van der Waals surface area contributed by atoms with Gasteiger partial charge in [0.15, 0.2) is 0 Å². The molecule has 1 aromatic carbocycles. The standard InChI is InChI=1S/C27H34FN2O3P/c1-18(17-34(6)31)20-9-10-29-26(12-20)33-16-19-7-8-22(21(11-19)14-27(2,3)4)23-13-25(32-5)30-15-24(23)28/h7-13,15,18,31H,14,16-17H2,1-6H3. The minimum Gasteiger partial charge on any atom is -0.481 e. The van der Waals surface area contributed by atoms with Crippen molar-refractivity contribution >= 4 is 8.15 Å². The lowest BCUT2D eigenvalue weighted by Gasteiger charge is -2.22. The quantitative estimate of drug-likeness (QED) is 0.348. The van der Waals surface area contributed by atoms with Crippen LogP contribution in [0.15, 0.2) is 48.8 Å². The Morgan fingerprint density at radius 3 is 2.50 bits per heavy atom. The third kappa shape index (κ3) is 7.22. The molecule has 0 fully saturated rings. The molecule has 0 aliphatic rings. The van der Waals surface area contributed by atoms with Gasteiger partial charge >= 0.3 is 0 Å². The Hall–Kier alpha value is -2.56. The molecule has 34 heavy (non-hydrogen) atoms. The van der Waals surface area contributed by atoms with Gasteiger partial charge in [-0.1, -0.05) is 45.9 Å². The van der Waals surface area contributed by atoms with Gasteiger partial charge in [-0.15, -0.1) is 0 Å². The molecule has 0 aliphatic heterocycles. The molecule has 3 rings (SSSR count). The van der Waals surface area contributed by atoms with Crippen molar-refractivity contribution in [3.8, 4) is 22.9 Å². The number of pyridine rings is 2. The van der Waals surface area contributed by atoms with Gasteiger partial charge in [0.2, 0.25) is 11.8 Å². The average molecular weight is 485 g/mol. The van der Waals surface area contributed by atoms with Crippen molar-refractivity contribution in [2.45, 2.75) is 46.6 Å². The summed E-state index contributed by atoms with van der Waals surface area (Å²) in [5, 5.41) is 0. The lowest BCUT2D eigenvalue weighted by atomic mass is 9.84. The predicted molar refractivity (Wildman–Crippen MR) is 136 cm³/mol. The maximum absolute atomic E-state index is 14.7. The van der Waals surface area contributed by atoms with Crippen molar-refractivity contribution in [1.29, 1.82) is 0 Å². The minimum absolute atomic E-state index is 0.0131. The zero-order valence-electron chi connectivity index (χ0n) is 20.8. The van der Waals surface area contributed by atoms with E-state index in [4.69, 9.17) is 9.47 Å². The molecule has 0 saturated heterocycles. The zero-order chi connectivity index (χ0) is 24.9. The molecule has 0 aliphatic carbocycles. The number of halogens is 1. The highest BCUT2D eigenvalue weighted by molar-refractivity contribution is 7.50. The molecule has 2 heterocycles. The molecule has 0 amide bonds. The van der Waals surface area contributed by atoms with Crippen molar-refractivity contribution in [3.05, 3.63) is 71.3 Å². The molecule has 7 heteroatoms. The van der Waals surface area contributed by atoms with Crippen LogP contribution in [-0.4, -0.2) is 34.8 Å². The predicted octanol–water partition coefficient (Wildman–Crippen LogP) is 6.58. The monoisotopic (exact) mass is 484 g/mol. The summed E-state index contributed by atoms with van der Waals surface area (Å²) in [6.07, 6.45) is 4.45. The highest BCUT2D eigenvalue weighted by atomic mass is 31.1. The minimum atomic E-state index is -0.960. The largest absolute Gasteiger partial charge is 0.481 e. The second-order valence-corrected chi connectivity index (χ2v) is 11.6. The molecular formula is C27H34FN2O3P. The lowest BCUT2D eigenvalue weighted by molar-refractivity contribution is 0.293. The molecular weight excluding hydrogens is 450 g/mol. The Morgan fingerprint density at radius 2 is 1.82 bits per heavy atom. The van der Waals surface area contributed by atoms with Crippen LogP contribution >= 0.6 is 8.15 Å². The molecule has 0 spiro atoms. The van der Waals surface area contributed by atoms with Gasteiger partial charge in [-0.25, -0.2) is 14.4 Å². The summed E-state index contributed by atoms with van der Waals surface area (Å²) in [4.78, 5) is 18.1. The number of methoxy groups -OCH3 is 1. The van der Waals surface area contributed by atoms with E-state index in [2.05, 4.69) is 43.7 Å². The first-order valence-corrected chi connectivity index (χ1v) is 13.3. The van der Waals surface area contributed by atoms with Crippen LogP contribution < -0.4 is 9.47 Å². The van der Waals surface area contributed by atoms with Gasteiger partial charge in [0.1, 0.15) is 12.4 Å². The fourth-order valence-corrected chi connectivity index (χ4v) is 4.93. The van der Waals surface area contributed by atoms with Gasteiger partial charge in [0.25, 0.3) is 0 Å². The number of hydrogen-bond acceptors (Lipinski definition) is 5. The first kappa shape index (κ1) is 26.1. The summed E-state index contributed by atoms with van der Waals surface area (Å²) in [6, 6.07) is 11.5. The number of aromatic nitrogens is 2. The third-order valence-electron chi connectivity index (χ3n) is 5.47. The number of benzene rings is 1. The van der Waals surface area contributed by atoms with Crippen LogP contribution in [0.1, 0.15) is 50.3 Å². The Balaban J connectivity index is 1.86. The van der Waals surface area contributed by atoms with Gasteiger partial charge in [0, 0.05) is 32.0 Å². The summed E-state index contributed by atoms with van der Waals surface area (Å²) in [5.41, 5.74) is 4.43. The molecule has 2 aromatic heterocycles. The fourth-order valence-electron chi connectivity index (χ4n) is 3.92. The molecule has 0 bridgehead atoms. The summed E-state index contributed by atoms with van der Waals surface area (Å²) in [6.45, 7) is 10.8. The van der Waals surface area contributed by atoms with Crippen LogP contribution in [0.25, 0.3) is 11.1 Å². The van der Waals surface area contributed by atoms with E-state index in [1.54, 1.807) is 12.3 Å². The van der Waals surface area contributed by atoms with E-state index in [-0.39, 0.29) is 17.2 Å². The van der Waals surface area contributed by atoms with Crippen molar-refractivity contribution in [2.75, 3.05) is 19.9 Å². The highest BCUT2D eigenvalue weighted by Gasteiger charge is 2.18. The Kier molecular flexibility index (Phi) is 8.62. The molecule has 1 N–H and O–H groups in total. The Bertz CT molecular complexity index is 1120. The normalized spacial score (nSPS) is 13.4. The van der Waals surface area contributed by atoms with Gasteiger partial charge in [-0.2, -0.15) is 0 Å². The van der Waals surface area contributed by atoms with Gasteiger partial charge in [-0.05, 0) is 58.9 Å². The van der Waals surface area contributed by atoms with Crippen LogP contribution in [0, 0.1) is 11.2 Å². The first-order chi connectivity index (χ1) is 16.1. The molecule has 2 unspecified atom stereocenters. The SMILES string of the molecule is COc1cc(-c2ccc(COc3cc(C(C)CP(C)O)ccn3)cc2CC(C)(C)C)c(F)cn1. The summed E-state index contributed by atoms with van der Waals surface area (Å²) in [7, 11) is 0.563. The highest BCUT2D eigenvalue weighted by Crippen LogP contribution is 2.34. The van der Waals surface area contributed by atoms with Crippen LogP contribution in [0.2, 0.25) is 0 Å². The second kappa shape index (κ2) is 11.2. The Morgan fingerprint density at radius 1 is 1.06 bits per heavy atom. The molecule has 0 saturated carbocycles. The second-order valence-electron chi connectivity index (χ2n) is 9.89. The van der Waals surface area contributed by atoms with Crippen LogP contribution in [-0.2, 0) is 13.0 Å². The van der Waals surface area contributed by atoms with Crippen LogP contribution in [0.4, 0.5) is 4.39 Å². The molecule has 182 valence electrons. The van der Waals surface area contributed by atoms with E-state index in [0.717, 1.165) is 34.8 Å². The molecule has 2 atom stereocenters. The van der Waals surface area contributed by atoms with Crippen LogP contribution in [0.5, 0.6) is 11.8 Å². The van der Waals surface area contributed by atoms with E-state index in [9.17, 15) is 9.28 Å². The van der Waals surface area contributed by atoms with E-state index in [1.807, 2.05) is 30.9 Å². The third-order valence-corrected chi connectivity index (χ3v) is 6.55. The molecule has 5 nitrogen and oxygen atoms in total. The zero-order valence-corrected chi connectivity index (χ0v) is 21.7. The number of rotatable bonds is 9. The summed E-state index contributed by atoms with van der Waals surface area (Å²) in [5.74, 6) is 0.779. The van der Waals surface area contributed by atoms with E-state index in [1.165, 1.54) is 13.3 Å². The van der Waals surface area contributed by atoms with Gasteiger partial charge in [-0.3, -0.25) is 0 Å². The van der Waals surface area contributed by atoms with Gasteiger partial charge in [0.05, 0.1) is 13.3 Å². The Labute approximate surface area is 203 Å². The summed E-state index contributed by atoms with van der Waals surface area (Å²) >= 11 is 0. The first-order valence-electron chi connectivity index (χ1n) is 11.4. The van der Waals surface area contributed by atoms with Crippen molar-refractivity contribution in [3.63, 3.8) is 0 Å². The molecule has 0 radical (unpaired) electrons. The van der Waals surface area contributed by atoms with E-state index >= 15 is 0 Å². The fraction of sp³-hybridized carbons (Fsp3) is 0.407. The van der Waals surface area contributed by atoms with Crippen molar-refractivity contribution < 1.29 is 18.8 Å². The van der Waals surface area contributed by atoms with Crippen molar-refractivity contribution in [2.24, 2.45) is 5.41 Å². The van der Waals surface area contributed by atoms with E-state index in [0.29, 0.717) is 23.9 Å². The lowest BCUT2D eigenvalue weighted by Crippen LogP contribution is -2.11.